The van der Waals surface area contributed by atoms with Crippen molar-refractivity contribution in [1.29, 1.82) is 0 Å². The third-order valence-corrected chi connectivity index (χ3v) is 3.38. The summed E-state index contributed by atoms with van der Waals surface area (Å²) in [4.78, 5) is 4.37. The summed E-state index contributed by atoms with van der Waals surface area (Å²) >= 11 is 0. The molecule has 0 radical (unpaired) electrons. The van der Waals surface area contributed by atoms with Crippen LogP contribution in [0.2, 0.25) is 0 Å². The predicted octanol–water partition coefficient (Wildman–Crippen LogP) is 3.75. The highest BCUT2D eigenvalue weighted by Crippen LogP contribution is 2.14. The van der Waals surface area contributed by atoms with E-state index in [4.69, 9.17) is 10.5 Å². The van der Waals surface area contributed by atoms with Crippen LogP contribution < -0.4 is 15.8 Å². The molecule has 23 heavy (non-hydrogen) atoms. The molecule has 122 valence electrons. The van der Waals surface area contributed by atoms with E-state index in [9.17, 15) is 0 Å². The van der Waals surface area contributed by atoms with Gasteiger partial charge < -0.3 is 15.8 Å². The number of hydrogen-bond donors (Lipinski definition) is 2. The summed E-state index contributed by atoms with van der Waals surface area (Å²) in [5, 5.41) is 3.10. The predicted molar refractivity (Wildman–Crippen MR) is 97.2 cm³/mol. The van der Waals surface area contributed by atoms with Crippen LogP contribution in [0.25, 0.3) is 0 Å². The van der Waals surface area contributed by atoms with Crippen molar-refractivity contribution < 1.29 is 4.74 Å². The number of nitrogens with one attached hydrogen (secondary N) is 1. The Balaban J connectivity index is 1.84. The van der Waals surface area contributed by atoms with Gasteiger partial charge in [0.05, 0.1) is 6.61 Å². The highest BCUT2D eigenvalue weighted by Gasteiger charge is 1.98. The molecule has 0 saturated heterocycles. The lowest BCUT2D eigenvalue weighted by molar-refractivity contribution is 0.317. The number of guanidine groups is 1. The maximum absolute atomic E-state index is 5.92. The fraction of sp³-hybridized carbons (Fsp3) is 0.316. The van der Waals surface area contributed by atoms with E-state index in [-0.39, 0.29) is 0 Å². The summed E-state index contributed by atoms with van der Waals surface area (Å²) in [6.07, 6.45) is 1.84. The Labute approximate surface area is 138 Å². The van der Waals surface area contributed by atoms with Gasteiger partial charge in [-0.2, -0.15) is 0 Å². The van der Waals surface area contributed by atoms with E-state index in [1.807, 2.05) is 36.4 Å². The van der Waals surface area contributed by atoms with Gasteiger partial charge in [-0.05, 0) is 49.6 Å². The Morgan fingerprint density at radius 2 is 1.96 bits per heavy atom. The molecule has 2 rings (SSSR count). The lowest BCUT2D eigenvalue weighted by atomic mass is 10.1. The molecule has 2 aromatic rings. The highest BCUT2D eigenvalue weighted by molar-refractivity contribution is 5.92. The number of aryl methyl sites for hydroxylation is 1. The molecule has 0 aliphatic heterocycles. The third kappa shape index (κ3) is 6.02. The van der Waals surface area contributed by atoms with Gasteiger partial charge in [-0.1, -0.05) is 36.8 Å². The molecule has 0 amide bonds. The van der Waals surface area contributed by atoms with E-state index in [1.165, 1.54) is 11.1 Å². The monoisotopic (exact) mass is 311 g/mol. The van der Waals surface area contributed by atoms with Gasteiger partial charge in [0.2, 0.25) is 0 Å². The van der Waals surface area contributed by atoms with Crippen molar-refractivity contribution >= 4 is 11.6 Å². The summed E-state index contributed by atoms with van der Waals surface area (Å²) in [5.74, 6) is 1.35. The topological polar surface area (TPSA) is 59.6 Å². The Bertz CT molecular complexity index is 635. The van der Waals surface area contributed by atoms with Crippen molar-refractivity contribution in [3.05, 3.63) is 59.7 Å². The second-order valence-electron chi connectivity index (χ2n) is 5.50. The smallest absolute Gasteiger partial charge is 0.193 e. The number of ether oxygens (including phenoxy) is 1. The molecule has 2 aromatic carbocycles. The summed E-state index contributed by atoms with van der Waals surface area (Å²) in [6.45, 7) is 5.54. The first kappa shape index (κ1) is 16.9. The largest absolute Gasteiger partial charge is 0.494 e. The summed E-state index contributed by atoms with van der Waals surface area (Å²) in [5.41, 5.74) is 9.29. The number of nitrogens with two attached hydrogens (primary N) is 1. The van der Waals surface area contributed by atoms with Crippen LogP contribution in [0.5, 0.6) is 5.75 Å². The lowest BCUT2D eigenvalue weighted by Gasteiger charge is -2.07. The van der Waals surface area contributed by atoms with Gasteiger partial charge in [0.25, 0.3) is 0 Å². The summed E-state index contributed by atoms with van der Waals surface area (Å²) < 4.78 is 5.64. The molecule has 0 saturated carbocycles. The van der Waals surface area contributed by atoms with E-state index < -0.39 is 0 Å². The Morgan fingerprint density at radius 3 is 2.70 bits per heavy atom. The minimum Gasteiger partial charge on any atom is -0.494 e. The molecule has 0 aliphatic carbocycles. The first-order valence-electron chi connectivity index (χ1n) is 8.02. The Hall–Kier alpha value is -2.49. The molecule has 0 heterocycles. The molecule has 0 aliphatic rings. The third-order valence-electron chi connectivity index (χ3n) is 3.38. The maximum Gasteiger partial charge on any atom is 0.193 e. The fourth-order valence-electron chi connectivity index (χ4n) is 2.14. The van der Waals surface area contributed by atoms with Crippen LogP contribution in [0.4, 0.5) is 5.69 Å². The van der Waals surface area contributed by atoms with Gasteiger partial charge >= 0.3 is 0 Å². The van der Waals surface area contributed by atoms with Crippen LogP contribution >= 0.6 is 0 Å². The zero-order chi connectivity index (χ0) is 16.5. The van der Waals surface area contributed by atoms with Crippen molar-refractivity contribution in [2.45, 2.75) is 26.7 Å². The number of nitrogens with zero attached hydrogens (tertiary/aromatic N) is 1. The molecule has 4 nitrogen and oxygen atoms in total. The second kappa shape index (κ2) is 8.83. The van der Waals surface area contributed by atoms with Gasteiger partial charge in [0.1, 0.15) is 5.75 Å². The van der Waals surface area contributed by atoms with Crippen molar-refractivity contribution in [3.8, 4) is 5.75 Å². The van der Waals surface area contributed by atoms with Crippen molar-refractivity contribution in [2.24, 2.45) is 10.7 Å². The van der Waals surface area contributed by atoms with Crippen LogP contribution in [-0.2, 0) is 6.42 Å². The van der Waals surface area contributed by atoms with Crippen molar-refractivity contribution in [2.75, 3.05) is 18.5 Å². The highest BCUT2D eigenvalue weighted by atomic mass is 16.5. The van der Waals surface area contributed by atoms with E-state index in [2.05, 4.69) is 36.3 Å². The molecule has 3 N–H and O–H groups in total. The Kier molecular flexibility index (Phi) is 6.48. The fourth-order valence-corrected chi connectivity index (χ4v) is 2.14. The van der Waals surface area contributed by atoms with E-state index in [0.717, 1.165) is 30.9 Å². The number of aliphatic imine (C=N–C) groups is 1. The van der Waals surface area contributed by atoms with Gasteiger partial charge in [0.15, 0.2) is 5.96 Å². The van der Waals surface area contributed by atoms with Crippen molar-refractivity contribution in [1.82, 2.24) is 0 Å². The number of anilines is 1. The average molecular weight is 311 g/mol. The number of rotatable bonds is 7. The number of benzene rings is 2. The molecule has 0 aromatic heterocycles. The standard InChI is InChI=1S/C19H25N3O/c1-3-13-23-18-6-4-5-16(14-18)11-12-21-19(20)22-17-9-7-15(2)8-10-17/h4-10,14H,3,11-13H2,1-2H3,(H3,20,21,22). The van der Waals surface area contributed by atoms with Crippen LogP contribution in [0.1, 0.15) is 24.5 Å². The average Bonchev–Trinajstić information content (AvgIpc) is 2.55. The zero-order valence-corrected chi connectivity index (χ0v) is 13.9. The summed E-state index contributed by atoms with van der Waals surface area (Å²) in [7, 11) is 0. The molecular formula is C19H25N3O. The first-order valence-corrected chi connectivity index (χ1v) is 8.02. The van der Waals surface area contributed by atoms with E-state index in [0.29, 0.717) is 12.5 Å². The van der Waals surface area contributed by atoms with E-state index >= 15 is 0 Å². The lowest BCUT2D eigenvalue weighted by Crippen LogP contribution is -2.23. The maximum atomic E-state index is 5.92. The molecule has 4 heteroatoms. The number of hydrogen-bond acceptors (Lipinski definition) is 2. The minimum atomic E-state index is 0.437. The normalized spacial score (nSPS) is 11.3. The minimum absolute atomic E-state index is 0.437. The van der Waals surface area contributed by atoms with Crippen LogP contribution in [0.3, 0.4) is 0 Å². The zero-order valence-electron chi connectivity index (χ0n) is 13.9. The quantitative estimate of drug-likeness (QED) is 0.605. The van der Waals surface area contributed by atoms with Gasteiger partial charge in [-0.3, -0.25) is 4.99 Å². The second-order valence-corrected chi connectivity index (χ2v) is 5.50. The van der Waals surface area contributed by atoms with Crippen LogP contribution in [0.15, 0.2) is 53.5 Å². The van der Waals surface area contributed by atoms with Crippen molar-refractivity contribution in [3.63, 3.8) is 0 Å². The first-order chi connectivity index (χ1) is 11.2. The SMILES string of the molecule is CCCOc1cccc(CCN=C(N)Nc2ccc(C)cc2)c1. The van der Waals surface area contributed by atoms with Gasteiger partial charge in [0, 0.05) is 12.2 Å². The molecule has 0 unspecified atom stereocenters. The van der Waals surface area contributed by atoms with Gasteiger partial charge in [-0.25, -0.2) is 0 Å². The van der Waals surface area contributed by atoms with Gasteiger partial charge in [-0.15, -0.1) is 0 Å². The molecule has 0 spiro atoms. The molecular weight excluding hydrogens is 286 g/mol. The van der Waals surface area contributed by atoms with E-state index in [1.54, 1.807) is 0 Å². The molecule has 0 bridgehead atoms. The molecule has 0 fully saturated rings. The van der Waals surface area contributed by atoms with Crippen LogP contribution in [-0.4, -0.2) is 19.1 Å². The Morgan fingerprint density at radius 1 is 1.17 bits per heavy atom. The molecule has 0 atom stereocenters. The summed E-state index contributed by atoms with van der Waals surface area (Å²) in [6, 6.07) is 16.2. The van der Waals surface area contributed by atoms with Crippen LogP contribution in [0, 0.1) is 6.92 Å².